The maximum absolute atomic E-state index is 13.4. The van der Waals surface area contributed by atoms with Crippen LogP contribution < -0.4 is 0 Å². The predicted molar refractivity (Wildman–Crippen MR) is 137 cm³/mol. The van der Waals surface area contributed by atoms with Gasteiger partial charge in [0.05, 0.1) is 12.5 Å². The summed E-state index contributed by atoms with van der Waals surface area (Å²) in [7, 11) is 0. The number of allylic oxidation sites excluding steroid dienone is 1. The van der Waals surface area contributed by atoms with Crippen LogP contribution in [0.1, 0.15) is 64.4 Å². The molecule has 1 aromatic carbocycles. The number of fused-ring (bicyclic) bond motifs is 5. The first-order valence-corrected chi connectivity index (χ1v) is 13.9. The second-order valence-electron chi connectivity index (χ2n) is 11.8. The Hall–Kier alpha value is -1.83. The first-order chi connectivity index (χ1) is 17.0. The standard InChI is InChI=1S/C29H35BrO6/c1-27-11-9-20(32)14-18(27)5-8-21-22-10-12-29(24(34)16-31,28(22,2)15-23(33)26(21)27)36-25(35)13-17-3-6-19(30)7-4-17/h3-4,6-7,14,21-23,26,31,33H,5,8-13,15-16H2,1-2H3/t21?,22?,23-,26?,27-,28-,29-/m0/s1. The van der Waals surface area contributed by atoms with Crippen molar-refractivity contribution in [3.63, 3.8) is 0 Å². The van der Waals surface area contributed by atoms with E-state index >= 15 is 0 Å². The molecule has 0 radical (unpaired) electrons. The zero-order valence-electron chi connectivity index (χ0n) is 21.0. The SMILES string of the molecule is C[C@]12CCC(=O)C=C1CCC1C2[C@@H](O)C[C@@]2(C)C1CC[C@]2(OC(=O)Cc1ccc(Br)cc1)C(=O)CO. The fraction of sp³-hybridized carbons (Fsp3) is 0.621. The minimum Gasteiger partial charge on any atom is -0.450 e. The van der Waals surface area contributed by atoms with Crippen molar-refractivity contribution >= 4 is 33.5 Å². The van der Waals surface area contributed by atoms with Crippen molar-refractivity contribution in [2.75, 3.05) is 6.61 Å². The molecule has 0 bridgehead atoms. The van der Waals surface area contributed by atoms with Crippen LogP contribution in [-0.2, 0) is 25.5 Å². The number of hydrogen-bond donors (Lipinski definition) is 2. The van der Waals surface area contributed by atoms with Gasteiger partial charge >= 0.3 is 5.97 Å². The summed E-state index contributed by atoms with van der Waals surface area (Å²) in [6.45, 7) is 3.46. The molecule has 0 saturated heterocycles. The van der Waals surface area contributed by atoms with E-state index in [2.05, 4.69) is 22.9 Å². The molecule has 194 valence electrons. The normalized spacial score (nSPS) is 39.5. The fourth-order valence-corrected chi connectivity index (χ4v) is 8.75. The number of carbonyl (C=O) groups is 3. The van der Waals surface area contributed by atoms with Crippen molar-refractivity contribution in [3.05, 3.63) is 46.0 Å². The lowest BCUT2D eigenvalue weighted by Crippen LogP contribution is -2.63. The van der Waals surface area contributed by atoms with Crippen molar-refractivity contribution in [1.29, 1.82) is 0 Å². The first kappa shape index (κ1) is 25.8. The summed E-state index contributed by atoms with van der Waals surface area (Å²) >= 11 is 3.39. The lowest BCUT2D eigenvalue weighted by Gasteiger charge is -2.60. The minimum absolute atomic E-state index is 0.00201. The van der Waals surface area contributed by atoms with E-state index in [0.717, 1.165) is 34.9 Å². The van der Waals surface area contributed by atoms with Crippen LogP contribution in [0.2, 0.25) is 0 Å². The number of ketones is 2. The molecule has 1 aromatic rings. The van der Waals surface area contributed by atoms with Crippen molar-refractivity contribution in [2.45, 2.75) is 76.9 Å². The van der Waals surface area contributed by atoms with Gasteiger partial charge in [0.1, 0.15) is 6.61 Å². The summed E-state index contributed by atoms with van der Waals surface area (Å²) in [5, 5.41) is 21.6. The quantitative estimate of drug-likeness (QED) is 0.521. The van der Waals surface area contributed by atoms with Gasteiger partial charge in [-0.1, -0.05) is 47.5 Å². The Morgan fingerprint density at radius 3 is 2.53 bits per heavy atom. The Labute approximate surface area is 220 Å². The third-order valence-electron chi connectivity index (χ3n) is 10.2. The van der Waals surface area contributed by atoms with Gasteiger partial charge in [0.2, 0.25) is 5.78 Å². The molecule has 6 nitrogen and oxygen atoms in total. The smallest absolute Gasteiger partial charge is 0.311 e. The average molecular weight is 559 g/mol. The van der Waals surface area contributed by atoms with Gasteiger partial charge in [-0.2, -0.15) is 0 Å². The first-order valence-electron chi connectivity index (χ1n) is 13.1. The van der Waals surface area contributed by atoms with Crippen molar-refractivity contribution < 1.29 is 29.3 Å². The maximum Gasteiger partial charge on any atom is 0.311 e. The van der Waals surface area contributed by atoms with Crippen LogP contribution in [-0.4, -0.2) is 46.1 Å². The summed E-state index contributed by atoms with van der Waals surface area (Å²) in [4.78, 5) is 38.6. The molecular formula is C29H35BrO6. The van der Waals surface area contributed by atoms with Gasteiger partial charge in [-0.25, -0.2) is 0 Å². The van der Waals surface area contributed by atoms with E-state index < -0.39 is 35.5 Å². The van der Waals surface area contributed by atoms with Gasteiger partial charge in [0.15, 0.2) is 11.4 Å². The molecule has 3 unspecified atom stereocenters. The molecule has 0 heterocycles. The van der Waals surface area contributed by atoms with E-state index in [4.69, 9.17) is 4.74 Å². The van der Waals surface area contributed by atoms with Gasteiger partial charge in [-0.15, -0.1) is 0 Å². The molecule has 5 rings (SSSR count). The van der Waals surface area contributed by atoms with E-state index in [1.165, 1.54) is 0 Å². The molecule has 4 aliphatic rings. The Morgan fingerprint density at radius 1 is 1.11 bits per heavy atom. The van der Waals surface area contributed by atoms with Gasteiger partial charge in [-0.05, 0) is 85.5 Å². The Morgan fingerprint density at radius 2 is 1.83 bits per heavy atom. The molecule has 3 fully saturated rings. The van der Waals surface area contributed by atoms with Gasteiger partial charge < -0.3 is 14.9 Å². The molecular weight excluding hydrogens is 524 g/mol. The van der Waals surface area contributed by atoms with E-state index in [1.54, 1.807) is 6.08 Å². The van der Waals surface area contributed by atoms with Crippen molar-refractivity contribution in [3.8, 4) is 0 Å². The number of carbonyl (C=O) groups excluding carboxylic acids is 3. The third kappa shape index (κ3) is 3.84. The fourth-order valence-electron chi connectivity index (χ4n) is 8.48. The molecule has 4 aliphatic carbocycles. The number of rotatable bonds is 5. The summed E-state index contributed by atoms with van der Waals surface area (Å²) in [5.74, 6) is -0.563. The van der Waals surface area contributed by atoms with Crippen molar-refractivity contribution in [1.82, 2.24) is 0 Å². The molecule has 0 aromatic heterocycles. The molecule has 3 saturated carbocycles. The zero-order chi connectivity index (χ0) is 25.9. The number of esters is 1. The summed E-state index contributed by atoms with van der Waals surface area (Å²) < 4.78 is 7.01. The van der Waals surface area contributed by atoms with E-state index in [-0.39, 0.29) is 35.4 Å². The second kappa shape index (κ2) is 9.17. The molecule has 0 amide bonds. The molecule has 36 heavy (non-hydrogen) atoms. The highest BCUT2D eigenvalue weighted by Crippen LogP contribution is 2.68. The summed E-state index contributed by atoms with van der Waals surface area (Å²) in [5.41, 5.74) is -0.527. The minimum atomic E-state index is -1.45. The number of aliphatic hydroxyl groups excluding tert-OH is 2. The molecule has 7 heteroatoms. The Kier molecular flexibility index (Phi) is 6.58. The van der Waals surface area contributed by atoms with Gasteiger partial charge in [0.25, 0.3) is 0 Å². The number of ether oxygens (including phenoxy) is 1. The van der Waals surface area contributed by atoms with Gasteiger partial charge in [0, 0.05) is 16.3 Å². The second-order valence-corrected chi connectivity index (χ2v) is 12.7. The van der Waals surface area contributed by atoms with Crippen LogP contribution in [0.4, 0.5) is 0 Å². The number of hydrogen-bond acceptors (Lipinski definition) is 6. The maximum atomic E-state index is 13.4. The highest BCUT2D eigenvalue weighted by atomic mass is 79.9. The third-order valence-corrected chi connectivity index (χ3v) is 10.7. The van der Waals surface area contributed by atoms with Crippen molar-refractivity contribution in [2.24, 2.45) is 28.6 Å². The lowest BCUT2D eigenvalue weighted by atomic mass is 9.45. The number of benzene rings is 1. The van der Waals surface area contributed by atoms with Crippen LogP contribution in [0.3, 0.4) is 0 Å². The monoisotopic (exact) mass is 558 g/mol. The average Bonchev–Trinajstić information content (AvgIpc) is 3.12. The zero-order valence-corrected chi connectivity index (χ0v) is 22.6. The van der Waals surface area contributed by atoms with Crippen LogP contribution in [0.15, 0.2) is 40.4 Å². The van der Waals surface area contributed by atoms with Crippen LogP contribution in [0.5, 0.6) is 0 Å². The van der Waals surface area contributed by atoms with Crippen LogP contribution in [0.25, 0.3) is 0 Å². The Bertz CT molecular complexity index is 1110. The molecule has 0 spiro atoms. The highest BCUT2D eigenvalue weighted by molar-refractivity contribution is 9.10. The highest BCUT2D eigenvalue weighted by Gasteiger charge is 2.70. The van der Waals surface area contributed by atoms with E-state index in [0.29, 0.717) is 25.7 Å². The molecule has 2 N–H and O–H groups in total. The van der Waals surface area contributed by atoms with Crippen LogP contribution >= 0.6 is 15.9 Å². The predicted octanol–water partition coefficient (Wildman–Crippen LogP) is 4.34. The lowest BCUT2D eigenvalue weighted by molar-refractivity contribution is -0.201. The summed E-state index contributed by atoms with van der Waals surface area (Å²) in [6.07, 6.45) is 5.42. The summed E-state index contributed by atoms with van der Waals surface area (Å²) in [6, 6.07) is 7.38. The molecule has 7 atom stereocenters. The Balaban J connectivity index is 1.46. The number of Topliss-reactive ketones (excluding diaryl/α,β-unsaturated/α-hetero) is 1. The van der Waals surface area contributed by atoms with Gasteiger partial charge in [-0.3, -0.25) is 14.4 Å². The molecule has 0 aliphatic heterocycles. The van der Waals surface area contributed by atoms with Crippen LogP contribution in [0, 0.1) is 28.6 Å². The largest absolute Gasteiger partial charge is 0.450 e. The van der Waals surface area contributed by atoms with E-state index in [1.807, 2.05) is 31.2 Å². The number of halogens is 1. The topological polar surface area (TPSA) is 101 Å². The number of aliphatic hydroxyl groups is 2. The van der Waals surface area contributed by atoms with E-state index in [9.17, 15) is 24.6 Å².